The number of methoxy groups -OCH3 is 2. The monoisotopic (exact) mass is 417 g/mol. The van der Waals surface area contributed by atoms with Crippen molar-refractivity contribution >= 4 is 11.8 Å². The van der Waals surface area contributed by atoms with E-state index in [9.17, 15) is 9.59 Å². The van der Waals surface area contributed by atoms with Gasteiger partial charge in [0.15, 0.2) is 0 Å². The number of piperazine rings is 1. The molecule has 3 rings (SSSR count). The molecular weight excluding hydrogens is 382 g/mol. The number of amides is 2. The molecule has 1 aromatic carbocycles. The third-order valence-corrected chi connectivity index (χ3v) is 6.26. The quantitative estimate of drug-likeness (QED) is 0.704. The van der Waals surface area contributed by atoms with Crippen molar-refractivity contribution in [2.75, 3.05) is 46.9 Å². The fourth-order valence-electron chi connectivity index (χ4n) is 4.62. The predicted molar refractivity (Wildman–Crippen MR) is 116 cm³/mol. The number of carbonyl (C=O) groups excluding carboxylic acids is 2. The largest absolute Gasteiger partial charge is 0.497 e. The number of rotatable bonds is 8. The molecule has 1 heterocycles. The van der Waals surface area contributed by atoms with Crippen molar-refractivity contribution in [2.45, 2.75) is 45.1 Å². The molecule has 0 aromatic heterocycles. The molecule has 7 nitrogen and oxygen atoms in total. The zero-order chi connectivity index (χ0) is 21.5. The van der Waals surface area contributed by atoms with Crippen LogP contribution in [0.5, 0.6) is 11.5 Å². The van der Waals surface area contributed by atoms with Crippen molar-refractivity contribution in [2.24, 2.45) is 5.92 Å². The van der Waals surface area contributed by atoms with Crippen LogP contribution in [0, 0.1) is 5.92 Å². The molecule has 1 aromatic rings. The number of hydrogen-bond acceptors (Lipinski definition) is 5. The minimum absolute atomic E-state index is 0.0281. The van der Waals surface area contributed by atoms with Gasteiger partial charge < -0.3 is 19.7 Å². The number of benzene rings is 1. The van der Waals surface area contributed by atoms with E-state index in [0.29, 0.717) is 49.2 Å². The molecule has 1 saturated carbocycles. The van der Waals surface area contributed by atoms with Crippen LogP contribution < -0.4 is 14.8 Å². The third-order valence-electron chi connectivity index (χ3n) is 6.26. The Kier molecular flexibility index (Phi) is 7.96. The van der Waals surface area contributed by atoms with Gasteiger partial charge >= 0.3 is 0 Å². The molecule has 2 amide bonds. The molecule has 1 aliphatic heterocycles. The molecule has 30 heavy (non-hydrogen) atoms. The second kappa shape index (κ2) is 10.7. The van der Waals surface area contributed by atoms with Gasteiger partial charge in [0, 0.05) is 44.4 Å². The minimum atomic E-state index is -0.0757. The molecule has 2 aliphatic rings. The lowest BCUT2D eigenvalue weighted by Crippen LogP contribution is -2.58. The minimum Gasteiger partial charge on any atom is -0.497 e. The van der Waals surface area contributed by atoms with Crippen LogP contribution in [0.15, 0.2) is 18.2 Å². The highest BCUT2D eigenvalue weighted by atomic mass is 16.5. The standard InChI is InChI=1S/C23H35N3O4/c1-4-9-24-22(27)21(17-7-5-6-8-17)25-10-12-26(13-11-25)23(28)18-14-19(29-2)16-20(15-18)30-3/h14-17,21H,4-13H2,1-3H3,(H,24,27). The third kappa shape index (κ3) is 5.25. The van der Waals surface area contributed by atoms with Crippen molar-refractivity contribution in [3.05, 3.63) is 23.8 Å². The van der Waals surface area contributed by atoms with E-state index in [1.165, 1.54) is 12.8 Å². The Morgan fingerprint density at radius 1 is 1.03 bits per heavy atom. The van der Waals surface area contributed by atoms with E-state index in [4.69, 9.17) is 9.47 Å². The van der Waals surface area contributed by atoms with E-state index >= 15 is 0 Å². The second-order valence-electron chi connectivity index (χ2n) is 8.21. The summed E-state index contributed by atoms with van der Waals surface area (Å²) in [4.78, 5) is 30.1. The summed E-state index contributed by atoms with van der Waals surface area (Å²) >= 11 is 0. The first-order chi connectivity index (χ1) is 14.6. The van der Waals surface area contributed by atoms with Crippen molar-refractivity contribution in [3.8, 4) is 11.5 Å². The summed E-state index contributed by atoms with van der Waals surface area (Å²) in [6, 6.07) is 5.18. The highest BCUT2D eigenvalue weighted by molar-refractivity contribution is 5.95. The number of nitrogens with zero attached hydrogens (tertiary/aromatic N) is 2. The van der Waals surface area contributed by atoms with E-state index in [0.717, 1.165) is 25.8 Å². The fraction of sp³-hybridized carbons (Fsp3) is 0.652. The van der Waals surface area contributed by atoms with Crippen LogP contribution in [0.4, 0.5) is 0 Å². The predicted octanol–water partition coefficient (Wildman–Crippen LogP) is 2.55. The highest BCUT2D eigenvalue weighted by Gasteiger charge is 2.37. The summed E-state index contributed by atoms with van der Waals surface area (Å²) in [5, 5.41) is 3.10. The SMILES string of the molecule is CCCNC(=O)C(C1CCCC1)N1CCN(C(=O)c2cc(OC)cc(OC)c2)CC1. The van der Waals surface area contributed by atoms with E-state index in [-0.39, 0.29) is 17.9 Å². The Balaban J connectivity index is 1.66. The van der Waals surface area contributed by atoms with Gasteiger partial charge in [-0.25, -0.2) is 0 Å². The van der Waals surface area contributed by atoms with Gasteiger partial charge in [0.25, 0.3) is 5.91 Å². The fourth-order valence-corrected chi connectivity index (χ4v) is 4.62. The second-order valence-corrected chi connectivity index (χ2v) is 8.21. The summed E-state index contributed by atoms with van der Waals surface area (Å²) in [7, 11) is 3.16. The summed E-state index contributed by atoms with van der Waals surface area (Å²) < 4.78 is 10.6. The normalized spacial score (nSPS) is 18.8. The Morgan fingerprint density at radius 2 is 1.63 bits per heavy atom. The molecule has 0 bridgehead atoms. The molecule has 1 unspecified atom stereocenters. The van der Waals surface area contributed by atoms with Gasteiger partial charge in [-0.15, -0.1) is 0 Å². The molecule has 1 aliphatic carbocycles. The van der Waals surface area contributed by atoms with Crippen molar-refractivity contribution in [1.29, 1.82) is 0 Å². The molecule has 0 radical (unpaired) electrons. The highest BCUT2D eigenvalue weighted by Crippen LogP contribution is 2.31. The topological polar surface area (TPSA) is 71.1 Å². The summed E-state index contributed by atoms with van der Waals surface area (Å²) in [6.45, 7) is 5.45. The van der Waals surface area contributed by atoms with Crippen LogP contribution in [0.3, 0.4) is 0 Å². The van der Waals surface area contributed by atoms with Gasteiger partial charge in [0.1, 0.15) is 11.5 Å². The van der Waals surface area contributed by atoms with Gasteiger partial charge in [-0.2, -0.15) is 0 Å². The van der Waals surface area contributed by atoms with Crippen LogP contribution in [0.1, 0.15) is 49.4 Å². The Hall–Kier alpha value is -2.28. The molecule has 7 heteroatoms. The van der Waals surface area contributed by atoms with Crippen LogP contribution >= 0.6 is 0 Å². The van der Waals surface area contributed by atoms with Crippen LogP contribution in [0.2, 0.25) is 0 Å². The van der Waals surface area contributed by atoms with Gasteiger partial charge in [0.05, 0.1) is 20.3 Å². The first-order valence-electron chi connectivity index (χ1n) is 11.1. The zero-order valence-corrected chi connectivity index (χ0v) is 18.5. The van der Waals surface area contributed by atoms with Crippen molar-refractivity contribution in [1.82, 2.24) is 15.1 Å². The lowest BCUT2D eigenvalue weighted by molar-refractivity contribution is -0.129. The first kappa shape index (κ1) is 22.4. The van der Waals surface area contributed by atoms with E-state index < -0.39 is 0 Å². The van der Waals surface area contributed by atoms with Gasteiger partial charge in [-0.3, -0.25) is 14.5 Å². The Bertz CT molecular complexity index is 703. The smallest absolute Gasteiger partial charge is 0.254 e. The number of carbonyl (C=O) groups is 2. The maximum atomic E-state index is 13.1. The van der Waals surface area contributed by atoms with Gasteiger partial charge in [-0.05, 0) is 37.3 Å². The average Bonchev–Trinajstić information content (AvgIpc) is 3.31. The maximum Gasteiger partial charge on any atom is 0.254 e. The first-order valence-corrected chi connectivity index (χ1v) is 11.1. The molecule has 1 saturated heterocycles. The molecular formula is C23H35N3O4. The van der Waals surface area contributed by atoms with Gasteiger partial charge in [0.2, 0.25) is 5.91 Å². The summed E-state index contributed by atoms with van der Waals surface area (Å²) in [5.74, 6) is 1.75. The van der Waals surface area contributed by atoms with Gasteiger partial charge in [-0.1, -0.05) is 19.8 Å². The molecule has 166 valence electrons. The van der Waals surface area contributed by atoms with E-state index in [2.05, 4.69) is 17.1 Å². The number of hydrogen-bond donors (Lipinski definition) is 1. The number of nitrogens with one attached hydrogen (secondary N) is 1. The molecule has 1 N–H and O–H groups in total. The van der Waals surface area contributed by atoms with Crippen molar-refractivity contribution in [3.63, 3.8) is 0 Å². The Labute approximate surface area is 179 Å². The summed E-state index contributed by atoms with van der Waals surface area (Å²) in [5.41, 5.74) is 0.563. The van der Waals surface area contributed by atoms with Crippen LogP contribution in [-0.4, -0.2) is 74.6 Å². The van der Waals surface area contributed by atoms with Crippen LogP contribution in [0.25, 0.3) is 0 Å². The molecule has 0 spiro atoms. The zero-order valence-electron chi connectivity index (χ0n) is 18.5. The maximum absolute atomic E-state index is 13.1. The Morgan fingerprint density at radius 3 is 2.17 bits per heavy atom. The lowest BCUT2D eigenvalue weighted by atomic mass is 9.95. The molecule has 2 fully saturated rings. The van der Waals surface area contributed by atoms with E-state index in [1.54, 1.807) is 32.4 Å². The van der Waals surface area contributed by atoms with Crippen molar-refractivity contribution < 1.29 is 19.1 Å². The number of ether oxygens (including phenoxy) is 2. The van der Waals surface area contributed by atoms with E-state index in [1.807, 2.05) is 4.90 Å². The lowest BCUT2D eigenvalue weighted by Gasteiger charge is -2.40. The summed E-state index contributed by atoms with van der Waals surface area (Å²) in [6.07, 6.45) is 5.59. The van der Waals surface area contributed by atoms with Crippen LogP contribution in [-0.2, 0) is 4.79 Å². The average molecular weight is 418 g/mol. The molecule has 1 atom stereocenters.